The fourth-order valence-electron chi connectivity index (χ4n) is 1.87. The molecule has 0 saturated heterocycles. The molecule has 0 saturated carbocycles. The highest BCUT2D eigenvalue weighted by Crippen LogP contribution is 2.24. The summed E-state index contributed by atoms with van der Waals surface area (Å²) in [5, 5.41) is 7.43. The molecular formula is C14H13N3O3S. The Kier molecular flexibility index (Phi) is 3.57. The van der Waals surface area contributed by atoms with Gasteiger partial charge in [0, 0.05) is 11.8 Å². The van der Waals surface area contributed by atoms with Crippen LogP contribution in [0.1, 0.15) is 10.8 Å². The van der Waals surface area contributed by atoms with Crippen molar-refractivity contribution in [1.29, 1.82) is 0 Å². The Morgan fingerprint density at radius 2 is 2.24 bits per heavy atom. The molecule has 7 heteroatoms. The van der Waals surface area contributed by atoms with Gasteiger partial charge in [-0.1, -0.05) is 0 Å². The second-order valence-corrected chi connectivity index (χ2v) is 5.76. The Bertz CT molecular complexity index is 794. The lowest BCUT2D eigenvalue weighted by atomic mass is 10.3. The lowest BCUT2D eigenvalue weighted by molar-refractivity contribution is -0.118. The fourth-order valence-corrected chi connectivity index (χ4v) is 2.73. The predicted molar refractivity (Wildman–Crippen MR) is 79.7 cm³/mol. The molecule has 108 valence electrons. The first kappa shape index (κ1) is 13.6. The van der Waals surface area contributed by atoms with Gasteiger partial charge < -0.3 is 14.6 Å². The second kappa shape index (κ2) is 5.53. The number of benzene rings is 1. The van der Waals surface area contributed by atoms with Crippen LogP contribution in [0.3, 0.4) is 0 Å². The van der Waals surface area contributed by atoms with E-state index < -0.39 is 0 Å². The van der Waals surface area contributed by atoms with E-state index in [1.54, 1.807) is 24.3 Å². The molecule has 0 aliphatic rings. The van der Waals surface area contributed by atoms with Crippen LogP contribution < -0.4 is 10.1 Å². The van der Waals surface area contributed by atoms with Crippen molar-refractivity contribution in [3.63, 3.8) is 0 Å². The smallest absolute Gasteiger partial charge is 0.262 e. The number of aryl methyl sites for hydroxylation is 2. The maximum Gasteiger partial charge on any atom is 0.262 e. The molecule has 0 aliphatic carbocycles. The molecule has 2 heterocycles. The number of aromatic nitrogens is 2. The maximum absolute atomic E-state index is 11.8. The first-order chi connectivity index (χ1) is 10.1. The molecule has 21 heavy (non-hydrogen) atoms. The minimum atomic E-state index is -0.253. The van der Waals surface area contributed by atoms with E-state index in [1.165, 1.54) is 0 Å². The molecule has 0 fully saturated rings. The minimum Gasteiger partial charge on any atom is -0.465 e. The van der Waals surface area contributed by atoms with Gasteiger partial charge in [0.15, 0.2) is 6.61 Å². The SMILES string of the molecule is Cc1cc(OCC(=O)Nc2ccc3nc(C)sc3c2)no1. The van der Waals surface area contributed by atoms with E-state index in [1.807, 2.05) is 25.1 Å². The molecule has 0 spiro atoms. The zero-order chi connectivity index (χ0) is 14.8. The molecule has 0 bridgehead atoms. The van der Waals surface area contributed by atoms with Crippen LogP contribution in [0.25, 0.3) is 10.2 Å². The molecule has 0 aliphatic heterocycles. The van der Waals surface area contributed by atoms with Gasteiger partial charge in [-0.15, -0.1) is 11.3 Å². The van der Waals surface area contributed by atoms with Crippen LogP contribution in [0.2, 0.25) is 0 Å². The van der Waals surface area contributed by atoms with Gasteiger partial charge in [0.05, 0.1) is 15.2 Å². The quantitative estimate of drug-likeness (QED) is 0.802. The zero-order valence-corrected chi connectivity index (χ0v) is 12.4. The van der Waals surface area contributed by atoms with Gasteiger partial charge in [-0.2, -0.15) is 0 Å². The van der Waals surface area contributed by atoms with Crippen molar-refractivity contribution in [2.45, 2.75) is 13.8 Å². The second-order valence-electron chi connectivity index (χ2n) is 4.53. The van der Waals surface area contributed by atoms with Crippen LogP contribution in [-0.4, -0.2) is 22.7 Å². The molecule has 2 aromatic heterocycles. The number of hydrogen-bond acceptors (Lipinski definition) is 6. The highest BCUT2D eigenvalue weighted by atomic mass is 32.1. The first-order valence-corrected chi connectivity index (χ1v) is 7.15. The molecule has 1 aromatic carbocycles. The summed E-state index contributed by atoms with van der Waals surface area (Å²) in [6, 6.07) is 7.23. The van der Waals surface area contributed by atoms with E-state index in [-0.39, 0.29) is 12.5 Å². The summed E-state index contributed by atoms with van der Waals surface area (Å²) in [5.74, 6) is 0.684. The summed E-state index contributed by atoms with van der Waals surface area (Å²) in [6.07, 6.45) is 0. The van der Waals surface area contributed by atoms with Gasteiger partial charge in [-0.05, 0) is 37.2 Å². The third kappa shape index (κ3) is 3.19. The van der Waals surface area contributed by atoms with E-state index in [0.29, 0.717) is 11.6 Å². The number of carbonyl (C=O) groups excluding carboxylic acids is 1. The Balaban J connectivity index is 1.62. The molecule has 3 rings (SSSR count). The molecule has 0 unspecified atom stereocenters. The summed E-state index contributed by atoms with van der Waals surface area (Å²) in [6.45, 7) is 3.59. The Hall–Kier alpha value is -2.41. The molecule has 0 atom stereocenters. The van der Waals surface area contributed by atoms with Crippen molar-refractivity contribution in [3.05, 3.63) is 35.0 Å². The number of hydrogen-bond donors (Lipinski definition) is 1. The number of rotatable bonds is 4. The van der Waals surface area contributed by atoms with Crippen LogP contribution in [0, 0.1) is 13.8 Å². The summed E-state index contributed by atoms with van der Waals surface area (Å²) in [5.41, 5.74) is 1.65. The van der Waals surface area contributed by atoms with Gasteiger partial charge in [-0.25, -0.2) is 4.98 Å². The van der Waals surface area contributed by atoms with Crippen molar-refractivity contribution in [2.24, 2.45) is 0 Å². The van der Waals surface area contributed by atoms with Crippen molar-refractivity contribution in [2.75, 3.05) is 11.9 Å². The van der Waals surface area contributed by atoms with Crippen molar-refractivity contribution in [1.82, 2.24) is 10.1 Å². The van der Waals surface area contributed by atoms with Gasteiger partial charge in [0.2, 0.25) is 0 Å². The average Bonchev–Trinajstić information content (AvgIpc) is 3.01. The van der Waals surface area contributed by atoms with Crippen LogP contribution in [0.4, 0.5) is 5.69 Å². The summed E-state index contributed by atoms with van der Waals surface area (Å²) < 4.78 is 11.1. The van der Waals surface area contributed by atoms with Gasteiger partial charge in [0.25, 0.3) is 11.8 Å². The highest BCUT2D eigenvalue weighted by Gasteiger charge is 2.08. The number of nitrogens with zero attached hydrogens (tertiary/aromatic N) is 2. The van der Waals surface area contributed by atoms with Crippen molar-refractivity contribution in [3.8, 4) is 5.88 Å². The van der Waals surface area contributed by atoms with Gasteiger partial charge >= 0.3 is 0 Å². The lowest BCUT2D eigenvalue weighted by Gasteiger charge is -2.05. The number of anilines is 1. The number of thiazole rings is 1. The van der Waals surface area contributed by atoms with E-state index in [9.17, 15) is 4.79 Å². The number of amides is 1. The first-order valence-electron chi connectivity index (χ1n) is 6.33. The van der Waals surface area contributed by atoms with Crippen molar-refractivity contribution >= 4 is 33.1 Å². The fraction of sp³-hybridized carbons (Fsp3) is 0.214. The summed E-state index contributed by atoms with van der Waals surface area (Å²) in [7, 11) is 0. The minimum absolute atomic E-state index is 0.119. The van der Waals surface area contributed by atoms with Gasteiger partial charge in [-0.3, -0.25) is 4.79 Å². The van der Waals surface area contributed by atoms with E-state index in [0.717, 1.165) is 20.9 Å². The van der Waals surface area contributed by atoms with E-state index in [2.05, 4.69) is 15.5 Å². The van der Waals surface area contributed by atoms with E-state index in [4.69, 9.17) is 9.26 Å². The van der Waals surface area contributed by atoms with Crippen LogP contribution >= 0.6 is 11.3 Å². The number of carbonyl (C=O) groups is 1. The monoisotopic (exact) mass is 303 g/mol. The number of fused-ring (bicyclic) bond motifs is 1. The zero-order valence-electron chi connectivity index (χ0n) is 11.5. The summed E-state index contributed by atoms with van der Waals surface area (Å²) in [4.78, 5) is 16.2. The molecule has 1 amide bonds. The van der Waals surface area contributed by atoms with Gasteiger partial charge in [0.1, 0.15) is 5.76 Å². The number of nitrogens with one attached hydrogen (secondary N) is 1. The largest absolute Gasteiger partial charge is 0.465 e. The maximum atomic E-state index is 11.8. The summed E-state index contributed by atoms with van der Waals surface area (Å²) >= 11 is 1.59. The Morgan fingerprint density at radius 1 is 1.38 bits per heavy atom. The predicted octanol–water partition coefficient (Wildman–Crippen LogP) is 2.92. The topological polar surface area (TPSA) is 77.2 Å². The normalized spacial score (nSPS) is 10.8. The Morgan fingerprint density at radius 3 is 3.00 bits per heavy atom. The third-order valence-electron chi connectivity index (χ3n) is 2.74. The molecule has 0 radical (unpaired) electrons. The highest BCUT2D eigenvalue weighted by molar-refractivity contribution is 7.18. The van der Waals surface area contributed by atoms with E-state index >= 15 is 0 Å². The van der Waals surface area contributed by atoms with Crippen LogP contribution in [0.5, 0.6) is 5.88 Å². The lowest BCUT2D eigenvalue weighted by Crippen LogP contribution is -2.20. The average molecular weight is 303 g/mol. The van der Waals surface area contributed by atoms with Crippen molar-refractivity contribution < 1.29 is 14.1 Å². The Labute approximate surface area is 124 Å². The molecule has 3 aromatic rings. The molecule has 6 nitrogen and oxygen atoms in total. The third-order valence-corrected chi connectivity index (χ3v) is 3.67. The standard InChI is InChI=1S/C14H13N3O3S/c1-8-5-14(17-20-8)19-7-13(18)16-10-3-4-11-12(6-10)21-9(2)15-11/h3-6H,7H2,1-2H3,(H,16,18). The molecular weight excluding hydrogens is 290 g/mol. The number of ether oxygens (including phenoxy) is 1. The van der Waals surface area contributed by atoms with Crippen LogP contribution in [-0.2, 0) is 4.79 Å². The van der Waals surface area contributed by atoms with Crippen LogP contribution in [0.15, 0.2) is 28.8 Å². The molecule has 1 N–H and O–H groups in total.